The summed E-state index contributed by atoms with van der Waals surface area (Å²) in [5.41, 5.74) is 19.7. The average Bonchev–Trinajstić information content (AvgIpc) is 3.86. The highest BCUT2D eigenvalue weighted by Crippen LogP contribution is 2.65. The lowest BCUT2D eigenvalue weighted by Gasteiger charge is -2.40. The number of anilines is 3. The number of fused-ring (bicyclic) bond motifs is 19. The SMILES string of the molecule is c1ccc(-c2ccc(N(c3ccc4c(c3)C3(c5ccccc5Oc5ccccc53)c3ccccc3-4)c3ccc4c(c3)C3(c5ccccc5Sc5ccccc53)c3ccccc3-4)c3ccccc23)cc1. The molecule has 0 bridgehead atoms. The van der Waals surface area contributed by atoms with Gasteiger partial charge >= 0.3 is 0 Å². The number of ether oxygens (including phenoxy) is 1. The van der Waals surface area contributed by atoms with E-state index in [0.29, 0.717) is 0 Å². The van der Waals surface area contributed by atoms with Gasteiger partial charge in [-0.3, -0.25) is 0 Å². The molecule has 0 fully saturated rings. The fourth-order valence-corrected chi connectivity index (χ4v) is 13.9. The van der Waals surface area contributed by atoms with Crippen LogP contribution in [-0.2, 0) is 10.8 Å². The standard InChI is InChI=1S/C66H41NOS/c1-2-18-42(19-3-1)45-38-39-60(51-23-5-4-20-46(45)51)67(43-34-36-49-47-21-6-8-24-52(47)65(58(49)40-43)54-26-10-14-30-61(54)68-62-31-15-11-27-55(62)65)44-35-37-50-48-22-7-9-25-53(48)66(59(50)41-44)56-28-12-16-32-63(56)69-64-33-17-13-29-57(64)66/h1-41H. The summed E-state index contributed by atoms with van der Waals surface area (Å²) in [6.07, 6.45) is 0. The van der Waals surface area contributed by atoms with Crippen molar-refractivity contribution in [1.29, 1.82) is 0 Å². The summed E-state index contributed by atoms with van der Waals surface area (Å²) < 4.78 is 6.77. The maximum Gasteiger partial charge on any atom is 0.132 e. The molecule has 0 N–H and O–H groups in total. The predicted octanol–water partition coefficient (Wildman–Crippen LogP) is 17.3. The second-order valence-electron chi connectivity index (χ2n) is 18.6. The van der Waals surface area contributed by atoms with Gasteiger partial charge in [0.05, 0.1) is 16.5 Å². The van der Waals surface area contributed by atoms with E-state index >= 15 is 0 Å². The minimum atomic E-state index is -0.616. The second-order valence-corrected chi connectivity index (χ2v) is 19.7. The summed E-state index contributed by atoms with van der Waals surface area (Å²) in [5.74, 6) is 1.77. The van der Waals surface area contributed by atoms with Crippen LogP contribution in [0.1, 0.15) is 44.5 Å². The van der Waals surface area contributed by atoms with E-state index in [1.165, 1.54) is 87.3 Å². The average molecular weight is 896 g/mol. The van der Waals surface area contributed by atoms with Gasteiger partial charge in [-0.2, -0.15) is 0 Å². The van der Waals surface area contributed by atoms with Crippen LogP contribution in [-0.4, -0.2) is 0 Å². The number of nitrogens with zero attached hydrogens (tertiary/aromatic N) is 1. The number of hydrogen-bond donors (Lipinski definition) is 0. The Hall–Kier alpha value is -8.37. The van der Waals surface area contributed by atoms with Crippen LogP contribution in [0, 0.1) is 0 Å². The van der Waals surface area contributed by atoms with Gasteiger partial charge in [-0.1, -0.05) is 206 Å². The molecule has 0 amide bonds. The Morgan fingerprint density at radius 3 is 1.30 bits per heavy atom. The smallest absolute Gasteiger partial charge is 0.132 e. The fraction of sp³-hybridized carbons (Fsp3) is 0.0303. The lowest BCUT2D eigenvalue weighted by molar-refractivity contribution is 0.436. The van der Waals surface area contributed by atoms with Crippen LogP contribution < -0.4 is 9.64 Å². The Balaban J connectivity index is 1.04. The highest BCUT2D eigenvalue weighted by atomic mass is 32.2. The Labute approximate surface area is 405 Å². The van der Waals surface area contributed by atoms with Gasteiger partial charge in [0.1, 0.15) is 11.5 Å². The molecule has 15 rings (SSSR count). The summed E-state index contributed by atoms with van der Waals surface area (Å²) in [7, 11) is 0. The zero-order valence-corrected chi connectivity index (χ0v) is 38.3. The van der Waals surface area contributed by atoms with Gasteiger partial charge in [-0.25, -0.2) is 0 Å². The summed E-state index contributed by atoms with van der Waals surface area (Å²) in [4.78, 5) is 5.13. The third-order valence-electron chi connectivity index (χ3n) is 15.4. The summed E-state index contributed by atoms with van der Waals surface area (Å²) in [6, 6.07) is 92.5. The molecule has 322 valence electrons. The molecule has 2 heterocycles. The van der Waals surface area contributed by atoms with E-state index in [2.05, 4.69) is 254 Å². The second kappa shape index (κ2) is 14.6. The lowest BCUT2D eigenvalue weighted by atomic mass is 9.66. The highest BCUT2D eigenvalue weighted by molar-refractivity contribution is 7.99. The van der Waals surface area contributed by atoms with Crippen molar-refractivity contribution < 1.29 is 4.74 Å². The molecule has 2 aliphatic heterocycles. The van der Waals surface area contributed by atoms with Gasteiger partial charge in [0.15, 0.2) is 0 Å². The molecule has 0 saturated heterocycles. The van der Waals surface area contributed by atoms with Crippen molar-refractivity contribution in [3.8, 4) is 44.9 Å². The van der Waals surface area contributed by atoms with E-state index in [1.54, 1.807) is 0 Å². The third kappa shape index (κ3) is 5.17. The predicted molar refractivity (Wildman–Crippen MR) is 283 cm³/mol. The number of hydrogen-bond acceptors (Lipinski definition) is 3. The molecule has 2 spiro atoms. The summed E-state index contributed by atoms with van der Waals surface area (Å²) in [6.45, 7) is 0. The zero-order chi connectivity index (χ0) is 45.3. The largest absolute Gasteiger partial charge is 0.457 e. The van der Waals surface area contributed by atoms with Crippen molar-refractivity contribution in [3.63, 3.8) is 0 Å². The van der Waals surface area contributed by atoms with Crippen LogP contribution in [0.3, 0.4) is 0 Å². The van der Waals surface area contributed by atoms with Crippen molar-refractivity contribution in [2.24, 2.45) is 0 Å². The molecule has 3 heteroatoms. The molecule has 4 aliphatic rings. The van der Waals surface area contributed by atoms with Crippen molar-refractivity contribution in [2.75, 3.05) is 4.90 Å². The normalized spacial score (nSPS) is 14.4. The van der Waals surface area contributed by atoms with E-state index in [0.717, 1.165) is 39.7 Å². The monoisotopic (exact) mass is 895 g/mol. The molecule has 11 aromatic rings. The van der Waals surface area contributed by atoms with E-state index in [-0.39, 0.29) is 0 Å². The molecule has 0 saturated carbocycles. The number of para-hydroxylation sites is 2. The van der Waals surface area contributed by atoms with Crippen LogP contribution in [0.4, 0.5) is 17.1 Å². The van der Waals surface area contributed by atoms with Crippen LogP contribution in [0.15, 0.2) is 259 Å². The quantitative estimate of drug-likeness (QED) is 0.175. The van der Waals surface area contributed by atoms with Crippen LogP contribution in [0.2, 0.25) is 0 Å². The van der Waals surface area contributed by atoms with Crippen molar-refractivity contribution in [2.45, 2.75) is 20.6 Å². The van der Waals surface area contributed by atoms with Gasteiger partial charge in [-0.05, 0) is 127 Å². The van der Waals surface area contributed by atoms with Gasteiger partial charge in [0, 0.05) is 37.7 Å². The molecule has 69 heavy (non-hydrogen) atoms. The van der Waals surface area contributed by atoms with Gasteiger partial charge < -0.3 is 9.64 Å². The first-order chi connectivity index (χ1) is 34.2. The van der Waals surface area contributed by atoms with Crippen molar-refractivity contribution >= 4 is 39.6 Å². The number of rotatable bonds is 4. The summed E-state index contributed by atoms with van der Waals surface area (Å²) >= 11 is 1.89. The third-order valence-corrected chi connectivity index (χ3v) is 16.6. The Bertz CT molecular complexity index is 3660. The molecule has 0 radical (unpaired) electrons. The first-order valence-corrected chi connectivity index (χ1v) is 24.6. The van der Waals surface area contributed by atoms with Crippen LogP contribution in [0.5, 0.6) is 11.5 Å². The minimum absolute atomic E-state index is 0.523. The highest BCUT2D eigenvalue weighted by Gasteiger charge is 2.52. The van der Waals surface area contributed by atoms with Crippen molar-refractivity contribution in [3.05, 3.63) is 293 Å². The zero-order valence-electron chi connectivity index (χ0n) is 37.4. The molecule has 2 aliphatic carbocycles. The van der Waals surface area contributed by atoms with E-state index in [4.69, 9.17) is 4.74 Å². The lowest BCUT2D eigenvalue weighted by Crippen LogP contribution is -2.32. The molecular formula is C66H41NOS. The topological polar surface area (TPSA) is 12.5 Å². The minimum Gasteiger partial charge on any atom is -0.457 e. The van der Waals surface area contributed by atoms with Gasteiger partial charge in [0.25, 0.3) is 0 Å². The molecule has 0 aromatic heterocycles. The fourth-order valence-electron chi connectivity index (χ4n) is 12.7. The Morgan fingerprint density at radius 2 is 0.725 bits per heavy atom. The van der Waals surface area contributed by atoms with Crippen LogP contribution >= 0.6 is 11.8 Å². The molecule has 11 aromatic carbocycles. The van der Waals surface area contributed by atoms with E-state index < -0.39 is 10.8 Å². The first kappa shape index (κ1) is 38.7. The van der Waals surface area contributed by atoms with Crippen LogP contribution in [0.25, 0.3) is 44.2 Å². The molecule has 0 unspecified atom stereocenters. The van der Waals surface area contributed by atoms with Crippen molar-refractivity contribution in [1.82, 2.24) is 0 Å². The molecular weight excluding hydrogens is 855 g/mol. The summed E-state index contributed by atoms with van der Waals surface area (Å²) in [5, 5.41) is 2.39. The van der Waals surface area contributed by atoms with Gasteiger partial charge in [-0.15, -0.1) is 0 Å². The Morgan fingerprint density at radius 1 is 0.304 bits per heavy atom. The first-order valence-electron chi connectivity index (χ1n) is 23.8. The maximum absolute atomic E-state index is 6.77. The molecule has 2 nitrogen and oxygen atoms in total. The Kier molecular flexibility index (Phi) is 8.17. The number of benzene rings is 11. The molecule has 0 atom stereocenters. The van der Waals surface area contributed by atoms with Gasteiger partial charge in [0.2, 0.25) is 0 Å². The maximum atomic E-state index is 6.77. The van der Waals surface area contributed by atoms with E-state index in [9.17, 15) is 0 Å². The van der Waals surface area contributed by atoms with E-state index in [1.807, 2.05) is 11.8 Å².